The molecule has 0 aromatic heterocycles. The van der Waals surface area contributed by atoms with Crippen LogP contribution < -0.4 is 0 Å². The molecule has 1 nitrogen and oxygen atoms in total. The van der Waals surface area contributed by atoms with Gasteiger partial charge in [0.1, 0.15) is 0 Å². The zero-order valence-corrected chi connectivity index (χ0v) is 8.06. The Hall–Kier alpha value is -0.510. The van der Waals surface area contributed by atoms with Crippen LogP contribution in [0.3, 0.4) is 0 Å². The summed E-state index contributed by atoms with van der Waals surface area (Å²) in [4.78, 5) is 1.74. The summed E-state index contributed by atoms with van der Waals surface area (Å²) in [5.41, 5.74) is 0. The first kappa shape index (κ1) is 12.5. The van der Waals surface area contributed by atoms with Gasteiger partial charge in [-0.25, -0.2) is 0 Å². The van der Waals surface area contributed by atoms with E-state index in [2.05, 4.69) is 6.58 Å². The summed E-state index contributed by atoms with van der Waals surface area (Å²) in [6, 6.07) is 0.125. The minimum Gasteiger partial charge on any atom is -0.297 e. The fourth-order valence-electron chi connectivity index (χ4n) is 0.997. The molecule has 0 fully saturated rings. The molecule has 0 amide bonds. The van der Waals surface area contributed by atoms with Crippen molar-refractivity contribution in [1.82, 2.24) is 4.90 Å². The van der Waals surface area contributed by atoms with E-state index in [-0.39, 0.29) is 12.6 Å². The molecule has 4 heteroatoms. The fourth-order valence-corrected chi connectivity index (χ4v) is 0.997. The molecule has 0 rings (SSSR count). The van der Waals surface area contributed by atoms with E-state index in [0.717, 1.165) is 0 Å². The number of hydrogen-bond acceptors (Lipinski definition) is 1. The monoisotopic (exact) mass is 195 g/mol. The fraction of sp³-hybridized carbons (Fsp3) is 0.778. The zero-order chi connectivity index (χ0) is 10.5. The quantitative estimate of drug-likeness (QED) is 0.610. The summed E-state index contributed by atoms with van der Waals surface area (Å²) in [6.07, 6.45) is -3.19. The van der Waals surface area contributed by atoms with E-state index in [9.17, 15) is 13.2 Å². The van der Waals surface area contributed by atoms with Gasteiger partial charge in [0, 0.05) is 19.1 Å². The molecule has 0 bridgehead atoms. The second-order valence-corrected chi connectivity index (χ2v) is 3.24. The molecule has 0 saturated carbocycles. The van der Waals surface area contributed by atoms with Crippen LogP contribution in [0.2, 0.25) is 0 Å². The van der Waals surface area contributed by atoms with Crippen molar-refractivity contribution < 1.29 is 13.2 Å². The van der Waals surface area contributed by atoms with Crippen LogP contribution in [0.5, 0.6) is 0 Å². The third-order valence-electron chi connectivity index (χ3n) is 1.78. The average molecular weight is 195 g/mol. The molecular weight excluding hydrogens is 179 g/mol. The van der Waals surface area contributed by atoms with Crippen LogP contribution in [-0.2, 0) is 0 Å². The maximum atomic E-state index is 11.9. The molecule has 0 aromatic carbocycles. The summed E-state index contributed by atoms with van der Waals surface area (Å²) in [7, 11) is 0. The van der Waals surface area contributed by atoms with Crippen LogP contribution >= 0.6 is 0 Å². The lowest BCUT2D eigenvalue weighted by Crippen LogP contribution is -2.34. The first-order valence-electron chi connectivity index (χ1n) is 4.28. The first-order chi connectivity index (χ1) is 5.87. The molecule has 0 heterocycles. The Morgan fingerprint density at radius 1 is 1.38 bits per heavy atom. The Kier molecular flexibility index (Phi) is 5.06. The number of hydrogen-bond donors (Lipinski definition) is 0. The minimum atomic E-state index is -4.06. The molecule has 0 radical (unpaired) electrons. The van der Waals surface area contributed by atoms with Crippen molar-refractivity contribution in [1.29, 1.82) is 0 Å². The maximum absolute atomic E-state index is 11.9. The third-order valence-corrected chi connectivity index (χ3v) is 1.78. The lowest BCUT2D eigenvalue weighted by Gasteiger charge is -2.25. The van der Waals surface area contributed by atoms with Crippen molar-refractivity contribution in [3.63, 3.8) is 0 Å². The second kappa shape index (κ2) is 5.27. The van der Waals surface area contributed by atoms with E-state index in [1.54, 1.807) is 11.0 Å². The van der Waals surface area contributed by atoms with Gasteiger partial charge in [-0.2, -0.15) is 13.2 Å². The highest BCUT2D eigenvalue weighted by atomic mass is 19.4. The van der Waals surface area contributed by atoms with E-state index in [1.165, 1.54) is 0 Å². The van der Waals surface area contributed by atoms with Gasteiger partial charge in [-0.05, 0) is 13.8 Å². The first-order valence-corrected chi connectivity index (χ1v) is 4.28. The van der Waals surface area contributed by atoms with Crippen LogP contribution in [-0.4, -0.2) is 30.2 Å². The Bertz CT molecular complexity index is 151. The van der Waals surface area contributed by atoms with Gasteiger partial charge in [0.15, 0.2) is 0 Å². The normalized spacial score (nSPS) is 12.5. The molecular formula is C9H16F3N. The van der Waals surface area contributed by atoms with Gasteiger partial charge in [-0.15, -0.1) is 6.58 Å². The molecule has 0 N–H and O–H groups in total. The summed E-state index contributed by atoms with van der Waals surface area (Å²) >= 11 is 0. The van der Waals surface area contributed by atoms with E-state index < -0.39 is 12.6 Å². The van der Waals surface area contributed by atoms with E-state index in [0.29, 0.717) is 6.54 Å². The Balaban J connectivity index is 3.89. The maximum Gasteiger partial charge on any atom is 0.390 e. The smallest absolute Gasteiger partial charge is 0.297 e. The van der Waals surface area contributed by atoms with Crippen LogP contribution in [0.1, 0.15) is 20.3 Å². The largest absolute Gasteiger partial charge is 0.390 e. The van der Waals surface area contributed by atoms with Gasteiger partial charge >= 0.3 is 6.18 Å². The molecule has 0 saturated heterocycles. The Morgan fingerprint density at radius 2 is 1.92 bits per heavy atom. The highest BCUT2D eigenvalue weighted by molar-refractivity contribution is 4.76. The number of rotatable bonds is 5. The topological polar surface area (TPSA) is 3.24 Å². The van der Waals surface area contributed by atoms with E-state index in [4.69, 9.17) is 0 Å². The van der Waals surface area contributed by atoms with Crippen molar-refractivity contribution in [2.45, 2.75) is 32.5 Å². The van der Waals surface area contributed by atoms with Gasteiger partial charge in [-0.1, -0.05) is 6.08 Å². The second-order valence-electron chi connectivity index (χ2n) is 3.24. The average Bonchev–Trinajstić information content (AvgIpc) is 1.95. The Labute approximate surface area is 77.2 Å². The standard InChI is InChI=1S/C9H16F3N/c1-4-6-13(8(2)3)7-5-9(10,11)12/h4,8H,1,5-7H2,2-3H3. The highest BCUT2D eigenvalue weighted by Crippen LogP contribution is 2.20. The molecule has 0 atom stereocenters. The van der Waals surface area contributed by atoms with Gasteiger partial charge in [0.05, 0.1) is 6.42 Å². The number of alkyl halides is 3. The van der Waals surface area contributed by atoms with Crippen molar-refractivity contribution in [2.24, 2.45) is 0 Å². The SMILES string of the molecule is C=CCN(CCC(F)(F)F)C(C)C. The van der Waals surface area contributed by atoms with E-state index in [1.807, 2.05) is 13.8 Å². The zero-order valence-electron chi connectivity index (χ0n) is 8.06. The highest BCUT2D eigenvalue weighted by Gasteiger charge is 2.27. The number of halogens is 3. The third kappa shape index (κ3) is 6.63. The van der Waals surface area contributed by atoms with Crippen LogP contribution in [0.15, 0.2) is 12.7 Å². The van der Waals surface area contributed by atoms with Gasteiger partial charge in [0.25, 0.3) is 0 Å². The molecule has 0 unspecified atom stereocenters. The van der Waals surface area contributed by atoms with E-state index >= 15 is 0 Å². The molecule has 78 valence electrons. The van der Waals surface area contributed by atoms with Crippen molar-refractivity contribution in [2.75, 3.05) is 13.1 Å². The van der Waals surface area contributed by atoms with Gasteiger partial charge < -0.3 is 0 Å². The van der Waals surface area contributed by atoms with Gasteiger partial charge in [-0.3, -0.25) is 4.90 Å². The lowest BCUT2D eigenvalue weighted by atomic mass is 10.3. The van der Waals surface area contributed by atoms with Gasteiger partial charge in [0.2, 0.25) is 0 Å². The molecule has 0 aliphatic carbocycles. The lowest BCUT2D eigenvalue weighted by molar-refractivity contribution is -0.138. The minimum absolute atomic E-state index is 0.0488. The van der Waals surface area contributed by atoms with Crippen molar-refractivity contribution >= 4 is 0 Å². The summed E-state index contributed by atoms with van der Waals surface area (Å²) < 4.78 is 35.6. The summed E-state index contributed by atoms with van der Waals surface area (Å²) in [5.74, 6) is 0. The molecule has 0 spiro atoms. The van der Waals surface area contributed by atoms with Crippen LogP contribution in [0.4, 0.5) is 13.2 Å². The number of nitrogens with zero attached hydrogens (tertiary/aromatic N) is 1. The molecule has 0 aromatic rings. The van der Waals surface area contributed by atoms with Crippen molar-refractivity contribution in [3.05, 3.63) is 12.7 Å². The van der Waals surface area contributed by atoms with Crippen LogP contribution in [0, 0.1) is 0 Å². The predicted molar refractivity (Wildman–Crippen MR) is 47.6 cm³/mol. The summed E-state index contributed by atoms with van der Waals surface area (Å²) in [6.45, 7) is 7.81. The van der Waals surface area contributed by atoms with Crippen LogP contribution in [0.25, 0.3) is 0 Å². The van der Waals surface area contributed by atoms with Crippen molar-refractivity contribution in [3.8, 4) is 0 Å². The summed E-state index contributed by atoms with van der Waals surface area (Å²) in [5, 5.41) is 0. The molecule has 13 heavy (non-hydrogen) atoms. The molecule has 0 aliphatic heterocycles. The predicted octanol–water partition coefficient (Wildman–Crippen LogP) is 2.84. The molecule has 0 aliphatic rings. The Morgan fingerprint density at radius 3 is 2.23 bits per heavy atom.